The lowest BCUT2D eigenvalue weighted by molar-refractivity contribution is -0.119. The maximum Gasteiger partial charge on any atom is 0.408 e. The summed E-state index contributed by atoms with van der Waals surface area (Å²) in [4.78, 5) is 32.1. The number of alkyl carbamates (subject to hydrolysis) is 1. The van der Waals surface area contributed by atoms with Crippen molar-refractivity contribution in [1.29, 1.82) is 0 Å². The number of amides is 2. The first-order valence-corrected chi connectivity index (χ1v) is 14.6. The van der Waals surface area contributed by atoms with Crippen molar-refractivity contribution in [2.75, 3.05) is 16.4 Å². The number of hydrogen-bond acceptors (Lipinski definition) is 6. The number of amidine groups is 1. The van der Waals surface area contributed by atoms with Gasteiger partial charge in [-0.1, -0.05) is 65.8 Å². The third-order valence-corrected chi connectivity index (χ3v) is 9.19. The van der Waals surface area contributed by atoms with Crippen LogP contribution in [0.4, 0.5) is 10.5 Å². The second kappa shape index (κ2) is 10.4. The van der Waals surface area contributed by atoms with E-state index in [1.807, 2.05) is 30.3 Å². The molecule has 0 aliphatic carbocycles. The molecule has 1 N–H and O–H groups in total. The van der Waals surface area contributed by atoms with Gasteiger partial charge in [0, 0.05) is 11.7 Å². The molecule has 4 rings (SSSR count). The number of ether oxygens (including phenoxy) is 1. The molecule has 2 aromatic carbocycles. The monoisotopic (exact) mass is 549 g/mol. The molecule has 36 heavy (non-hydrogen) atoms. The van der Waals surface area contributed by atoms with Gasteiger partial charge in [-0.15, -0.1) is 0 Å². The van der Waals surface area contributed by atoms with Gasteiger partial charge in [0.25, 0.3) is 5.91 Å². The number of thioether (sulfide) groups is 1. The average molecular weight is 550 g/mol. The van der Waals surface area contributed by atoms with E-state index < -0.39 is 39.5 Å². The van der Waals surface area contributed by atoms with E-state index in [1.54, 1.807) is 49.9 Å². The van der Waals surface area contributed by atoms with E-state index in [-0.39, 0.29) is 23.2 Å². The van der Waals surface area contributed by atoms with Crippen molar-refractivity contribution < 1.29 is 22.7 Å². The predicted molar refractivity (Wildman–Crippen MR) is 143 cm³/mol. The molecule has 2 aromatic rings. The fourth-order valence-electron chi connectivity index (χ4n) is 4.17. The number of carbonyl (C=O) groups excluding carboxylic acids is 2. The van der Waals surface area contributed by atoms with Crippen molar-refractivity contribution in [3.05, 3.63) is 65.2 Å². The Hall–Kier alpha value is -2.56. The molecule has 11 heteroatoms. The van der Waals surface area contributed by atoms with E-state index in [9.17, 15) is 18.0 Å². The summed E-state index contributed by atoms with van der Waals surface area (Å²) in [5.74, 6) is -0.612. The minimum atomic E-state index is -3.22. The third kappa shape index (κ3) is 6.41. The molecule has 2 aliphatic rings. The zero-order chi connectivity index (χ0) is 26.1. The highest BCUT2D eigenvalue weighted by molar-refractivity contribution is 8.16. The van der Waals surface area contributed by atoms with Gasteiger partial charge >= 0.3 is 6.09 Å². The number of carbonyl (C=O) groups is 2. The maximum atomic E-state index is 13.5. The largest absolute Gasteiger partial charge is 0.444 e. The topological polar surface area (TPSA) is 105 Å². The van der Waals surface area contributed by atoms with Gasteiger partial charge in [-0.2, -0.15) is 4.99 Å². The summed E-state index contributed by atoms with van der Waals surface area (Å²) >= 11 is 7.70. The van der Waals surface area contributed by atoms with Crippen LogP contribution >= 0.6 is 23.4 Å². The first-order chi connectivity index (χ1) is 16.9. The standard InChI is InChI=1S/C25H28ClN3O5S2/c1-25(2,3)34-24(31)27-18(13-16-9-5-4-6-10-16)22(30)28-23-29(19-12-8-7-11-17(19)26)20-14-36(32,33)15-21(20)35-23/h4-12,18,20-21H,13-15H2,1-3H3,(H,27,31)/t18-,20-,21-/m1/s1. The summed E-state index contributed by atoms with van der Waals surface area (Å²) in [5.41, 5.74) is 0.696. The Labute approximate surface area is 220 Å². The Bertz CT molecular complexity index is 1280. The Morgan fingerprint density at radius 1 is 1.14 bits per heavy atom. The van der Waals surface area contributed by atoms with Crippen LogP contribution in [0.3, 0.4) is 0 Å². The minimum absolute atomic E-state index is 0.0000981. The Morgan fingerprint density at radius 2 is 1.81 bits per heavy atom. The molecule has 2 saturated heterocycles. The summed E-state index contributed by atoms with van der Waals surface area (Å²) in [6.07, 6.45) is -0.504. The fourth-order valence-corrected chi connectivity index (χ4v) is 8.30. The van der Waals surface area contributed by atoms with Gasteiger partial charge in [0.1, 0.15) is 11.6 Å². The number of nitrogens with one attached hydrogen (secondary N) is 1. The Morgan fingerprint density at radius 3 is 2.47 bits per heavy atom. The number of sulfone groups is 1. The van der Waals surface area contributed by atoms with E-state index in [4.69, 9.17) is 16.3 Å². The number of para-hydroxylation sites is 1. The van der Waals surface area contributed by atoms with Gasteiger partial charge in [-0.25, -0.2) is 13.2 Å². The summed E-state index contributed by atoms with van der Waals surface area (Å²) in [6, 6.07) is 15.0. The Kier molecular flexibility index (Phi) is 7.68. The Balaban J connectivity index is 1.66. The zero-order valence-electron chi connectivity index (χ0n) is 20.2. The molecular weight excluding hydrogens is 522 g/mol. The molecule has 0 unspecified atom stereocenters. The van der Waals surface area contributed by atoms with Crippen LogP contribution in [0.15, 0.2) is 59.6 Å². The normalized spacial score (nSPS) is 22.8. The number of aliphatic imine (C=N–C) groups is 1. The van der Waals surface area contributed by atoms with Crippen LogP contribution in [-0.4, -0.2) is 60.0 Å². The second-order valence-electron chi connectivity index (χ2n) is 9.74. The molecule has 0 saturated carbocycles. The quantitative estimate of drug-likeness (QED) is 0.599. The van der Waals surface area contributed by atoms with E-state index >= 15 is 0 Å². The molecule has 0 aromatic heterocycles. The summed E-state index contributed by atoms with van der Waals surface area (Å²) in [7, 11) is -3.22. The number of hydrogen-bond donors (Lipinski definition) is 1. The van der Waals surface area contributed by atoms with Crippen LogP contribution in [0.25, 0.3) is 0 Å². The smallest absolute Gasteiger partial charge is 0.408 e. The fraction of sp³-hybridized carbons (Fsp3) is 0.400. The van der Waals surface area contributed by atoms with Gasteiger partial charge in [0.05, 0.1) is 28.3 Å². The molecule has 2 heterocycles. The van der Waals surface area contributed by atoms with Gasteiger partial charge < -0.3 is 15.0 Å². The van der Waals surface area contributed by atoms with Crippen LogP contribution in [0.5, 0.6) is 0 Å². The van der Waals surface area contributed by atoms with Crippen LogP contribution in [0, 0.1) is 0 Å². The SMILES string of the molecule is CC(C)(C)OC(=O)N[C@H](Cc1ccccc1)C(=O)N=C1S[C@@H]2CS(=O)(=O)C[C@H]2N1c1ccccc1Cl. The first-order valence-electron chi connectivity index (χ1n) is 11.5. The molecule has 3 atom stereocenters. The third-order valence-electron chi connectivity index (χ3n) is 5.66. The highest BCUT2D eigenvalue weighted by Gasteiger charge is 2.50. The molecular formula is C25H28ClN3O5S2. The minimum Gasteiger partial charge on any atom is -0.444 e. The lowest BCUT2D eigenvalue weighted by atomic mass is 10.1. The lowest BCUT2D eigenvalue weighted by Crippen LogP contribution is -2.45. The summed E-state index contributed by atoms with van der Waals surface area (Å²) < 4.78 is 30.0. The molecule has 0 bridgehead atoms. The van der Waals surface area contributed by atoms with Crippen molar-refractivity contribution in [2.24, 2.45) is 4.99 Å². The molecule has 192 valence electrons. The number of benzene rings is 2. The first kappa shape index (κ1) is 26.5. The van der Waals surface area contributed by atoms with Crippen molar-refractivity contribution >= 4 is 56.1 Å². The number of nitrogens with zero attached hydrogens (tertiary/aromatic N) is 2. The summed E-state index contributed by atoms with van der Waals surface area (Å²) in [5, 5.41) is 3.17. The maximum absolute atomic E-state index is 13.5. The summed E-state index contributed by atoms with van der Waals surface area (Å²) in [6.45, 7) is 5.22. The van der Waals surface area contributed by atoms with Crippen LogP contribution in [0.2, 0.25) is 5.02 Å². The predicted octanol–water partition coefficient (Wildman–Crippen LogP) is 4.08. The van der Waals surface area contributed by atoms with Crippen molar-refractivity contribution in [1.82, 2.24) is 5.32 Å². The molecule has 0 spiro atoms. The molecule has 2 aliphatic heterocycles. The number of anilines is 1. The van der Waals surface area contributed by atoms with Crippen LogP contribution < -0.4 is 10.2 Å². The number of rotatable bonds is 5. The van der Waals surface area contributed by atoms with Crippen LogP contribution in [-0.2, 0) is 25.8 Å². The van der Waals surface area contributed by atoms with E-state index in [0.29, 0.717) is 15.9 Å². The highest BCUT2D eigenvalue weighted by Crippen LogP contribution is 2.43. The average Bonchev–Trinajstić information content (AvgIpc) is 3.24. The second-order valence-corrected chi connectivity index (χ2v) is 13.5. The van der Waals surface area contributed by atoms with E-state index in [1.165, 1.54) is 11.8 Å². The van der Waals surface area contributed by atoms with Crippen molar-refractivity contribution in [3.8, 4) is 0 Å². The van der Waals surface area contributed by atoms with Crippen molar-refractivity contribution in [2.45, 2.75) is 50.1 Å². The lowest BCUT2D eigenvalue weighted by Gasteiger charge is -2.26. The van der Waals surface area contributed by atoms with Gasteiger partial charge in [-0.05, 0) is 38.5 Å². The van der Waals surface area contributed by atoms with Crippen molar-refractivity contribution in [3.63, 3.8) is 0 Å². The van der Waals surface area contributed by atoms with Gasteiger partial charge in [0.15, 0.2) is 15.0 Å². The van der Waals surface area contributed by atoms with Gasteiger partial charge in [-0.3, -0.25) is 4.79 Å². The number of fused-ring (bicyclic) bond motifs is 1. The molecule has 0 radical (unpaired) electrons. The zero-order valence-corrected chi connectivity index (χ0v) is 22.6. The number of halogens is 1. The van der Waals surface area contributed by atoms with Gasteiger partial charge in [0.2, 0.25) is 0 Å². The van der Waals surface area contributed by atoms with Crippen LogP contribution in [0.1, 0.15) is 26.3 Å². The molecule has 2 amide bonds. The highest BCUT2D eigenvalue weighted by atomic mass is 35.5. The molecule has 8 nitrogen and oxygen atoms in total. The van der Waals surface area contributed by atoms with E-state index in [0.717, 1.165) is 5.56 Å². The molecule has 2 fully saturated rings. The van der Waals surface area contributed by atoms with E-state index in [2.05, 4.69) is 10.3 Å².